The van der Waals surface area contributed by atoms with Crippen molar-refractivity contribution in [1.82, 2.24) is 14.5 Å². The van der Waals surface area contributed by atoms with Gasteiger partial charge in [-0.2, -0.15) is 0 Å². The summed E-state index contributed by atoms with van der Waals surface area (Å²) < 4.78 is 1.74. The first-order valence-corrected chi connectivity index (χ1v) is 8.73. The summed E-state index contributed by atoms with van der Waals surface area (Å²) in [6, 6.07) is 0.137. The molecule has 5 nitrogen and oxygen atoms in total. The van der Waals surface area contributed by atoms with Gasteiger partial charge in [-0.3, -0.25) is 14.2 Å². The Morgan fingerprint density at radius 3 is 2.64 bits per heavy atom. The fourth-order valence-electron chi connectivity index (χ4n) is 3.33. The van der Waals surface area contributed by atoms with Crippen LogP contribution in [0.25, 0.3) is 11.0 Å². The van der Waals surface area contributed by atoms with Crippen LogP contribution >= 0.6 is 11.8 Å². The first-order valence-electron chi connectivity index (χ1n) is 7.51. The molecule has 0 unspecified atom stereocenters. The van der Waals surface area contributed by atoms with E-state index in [4.69, 9.17) is 0 Å². The number of hydrogen-bond donors (Lipinski definition) is 0. The first-order chi connectivity index (χ1) is 10.5. The number of carbonyl (C=O) groups excluding carboxylic acids is 1. The van der Waals surface area contributed by atoms with E-state index in [1.165, 1.54) is 18.7 Å². The summed E-state index contributed by atoms with van der Waals surface area (Å²) in [5.74, 6) is -0.190. The molecule has 0 bridgehead atoms. The first kappa shape index (κ1) is 15.2. The van der Waals surface area contributed by atoms with Crippen LogP contribution in [-0.4, -0.2) is 26.6 Å². The maximum atomic E-state index is 12.9. The number of ketones is 1. The number of aromatic nitrogens is 3. The SMILES string of the molecule is CSc1ncc2c(C)c(C(C)=O)c(=O)n(C3CCCC3)c2n1. The number of rotatable bonds is 3. The second-order valence-corrected chi connectivity index (χ2v) is 6.54. The molecule has 22 heavy (non-hydrogen) atoms. The van der Waals surface area contributed by atoms with Crippen molar-refractivity contribution >= 4 is 28.6 Å². The van der Waals surface area contributed by atoms with Gasteiger partial charge in [0.25, 0.3) is 5.56 Å². The lowest BCUT2D eigenvalue weighted by atomic mass is 10.0. The molecule has 3 rings (SSSR count). The zero-order chi connectivity index (χ0) is 15.9. The van der Waals surface area contributed by atoms with E-state index in [2.05, 4.69) is 9.97 Å². The molecule has 0 spiro atoms. The Balaban J connectivity index is 2.42. The lowest BCUT2D eigenvalue weighted by molar-refractivity contribution is 0.101. The Morgan fingerprint density at radius 1 is 1.36 bits per heavy atom. The van der Waals surface area contributed by atoms with Gasteiger partial charge < -0.3 is 0 Å². The molecule has 2 aromatic heterocycles. The summed E-state index contributed by atoms with van der Waals surface area (Å²) in [6.45, 7) is 3.26. The number of carbonyl (C=O) groups is 1. The van der Waals surface area contributed by atoms with Crippen LogP contribution in [0, 0.1) is 6.92 Å². The van der Waals surface area contributed by atoms with E-state index in [9.17, 15) is 9.59 Å². The Morgan fingerprint density at radius 2 is 2.05 bits per heavy atom. The van der Waals surface area contributed by atoms with E-state index < -0.39 is 0 Å². The van der Waals surface area contributed by atoms with Crippen LogP contribution in [-0.2, 0) is 0 Å². The Labute approximate surface area is 133 Å². The van der Waals surface area contributed by atoms with Gasteiger partial charge >= 0.3 is 0 Å². The minimum Gasteiger partial charge on any atom is -0.294 e. The van der Waals surface area contributed by atoms with Gasteiger partial charge in [0.2, 0.25) is 0 Å². The summed E-state index contributed by atoms with van der Waals surface area (Å²) in [7, 11) is 0. The summed E-state index contributed by atoms with van der Waals surface area (Å²) in [5, 5.41) is 1.45. The number of fused-ring (bicyclic) bond motifs is 1. The van der Waals surface area contributed by atoms with Crippen LogP contribution < -0.4 is 5.56 Å². The van der Waals surface area contributed by atoms with E-state index in [1.807, 2.05) is 13.2 Å². The van der Waals surface area contributed by atoms with Gasteiger partial charge in [-0.25, -0.2) is 9.97 Å². The predicted molar refractivity (Wildman–Crippen MR) is 87.8 cm³/mol. The smallest absolute Gasteiger partial charge is 0.263 e. The number of thioether (sulfide) groups is 1. The highest BCUT2D eigenvalue weighted by atomic mass is 32.2. The lowest BCUT2D eigenvalue weighted by Crippen LogP contribution is -2.30. The molecule has 116 valence electrons. The predicted octanol–water partition coefficient (Wildman–Crippen LogP) is 3.14. The molecule has 0 N–H and O–H groups in total. The summed E-state index contributed by atoms with van der Waals surface area (Å²) in [5.41, 5.74) is 1.43. The molecular formula is C16H19N3O2S. The van der Waals surface area contributed by atoms with Gasteiger partial charge in [0.15, 0.2) is 10.9 Å². The average Bonchev–Trinajstić information content (AvgIpc) is 3.00. The van der Waals surface area contributed by atoms with Crippen LogP contribution in [0.3, 0.4) is 0 Å². The number of nitrogens with zero attached hydrogens (tertiary/aromatic N) is 3. The van der Waals surface area contributed by atoms with E-state index in [-0.39, 0.29) is 22.9 Å². The molecule has 1 aliphatic carbocycles. The Bertz CT molecular complexity index is 807. The second-order valence-electron chi connectivity index (χ2n) is 5.76. The van der Waals surface area contributed by atoms with Crippen LogP contribution in [0.4, 0.5) is 0 Å². The highest BCUT2D eigenvalue weighted by molar-refractivity contribution is 7.98. The van der Waals surface area contributed by atoms with Gasteiger partial charge in [0.05, 0.1) is 5.56 Å². The molecule has 0 saturated heterocycles. The molecule has 1 saturated carbocycles. The standard InChI is InChI=1S/C16H19N3O2S/c1-9-12-8-17-16(22-3)18-14(12)19(11-6-4-5-7-11)15(21)13(9)10(2)20/h8,11H,4-7H2,1-3H3. The highest BCUT2D eigenvalue weighted by Crippen LogP contribution is 2.31. The van der Waals surface area contributed by atoms with Crippen molar-refractivity contribution in [2.24, 2.45) is 0 Å². The molecule has 6 heteroatoms. The molecule has 0 aromatic carbocycles. The van der Waals surface area contributed by atoms with E-state index in [0.29, 0.717) is 16.4 Å². The third-order valence-corrected chi connectivity index (χ3v) is 4.97. The zero-order valence-electron chi connectivity index (χ0n) is 13.0. The summed E-state index contributed by atoms with van der Waals surface area (Å²) >= 11 is 1.45. The van der Waals surface area contributed by atoms with Crippen LogP contribution in [0.1, 0.15) is 54.6 Å². The van der Waals surface area contributed by atoms with Crippen molar-refractivity contribution in [3.05, 3.63) is 27.7 Å². The Kier molecular flexibility index (Phi) is 4.04. The van der Waals surface area contributed by atoms with Crippen molar-refractivity contribution in [2.45, 2.75) is 50.7 Å². The molecule has 0 atom stereocenters. The van der Waals surface area contributed by atoms with Gasteiger partial charge in [-0.1, -0.05) is 24.6 Å². The number of pyridine rings is 1. The molecule has 0 aliphatic heterocycles. The third-order valence-electron chi connectivity index (χ3n) is 4.41. The average molecular weight is 317 g/mol. The fourth-order valence-corrected chi connectivity index (χ4v) is 3.67. The van der Waals surface area contributed by atoms with Crippen LogP contribution in [0.2, 0.25) is 0 Å². The van der Waals surface area contributed by atoms with Crippen molar-refractivity contribution in [3.63, 3.8) is 0 Å². The molecule has 2 heterocycles. The molecule has 2 aromatic rings. The monoisotopic (exact) mass is 317 g/mol. The van der Waals surface area contributed by atoms with Crippen molar-refractivity contribution in [2.75, 3.05) is 6.26 Å². The summed E-state index contributed by atoms with van der Waals surface area (Å²) in [6.07, 6.45) is 7.81. The Hall–Kier alpha value is -1.69. The summed E-state index contributed by atoms with van der Waals surface area (Å²) in [4.78, 5) is 33.7. The molecular weight excluding hydrogens is 298 g/mol. The maximum Gasteiger partial charge on any atom is 0.263 e. The highest BCUT2D eigenvalue weighted by Gasteiger charge is 2.25. The van der Waals surface area contributed by atoms with Gasteiger partial charge in [0.1, 0.15) is 5.65 Å². The number of hydrogen-bond acceptors (Lipinski definition) is 5. The van der Waals surface area contributed by atoms with Gasteiger partial charge in [-0.05, 0) is 38.5 Å². The normalized spacial score (nSPS) is 15.6. The fraction of sp³-hybridized carbons (Fsp3) is 0.500. The number of Topliss-reactive ketones (excluding diaryl/α,β-unsaturated/α-hetero) is 1. The van der Waals surface area contributed by atoms with Crippen molar-refractivity contribution in [1.29, 1.82) is 0 Å². The minimum absolute atomic E-state index is 0.137. The van der Waals surface area contributed by atoms with E-state index >= 15 is 0 Å². The maximum absolute atomic E-state index is 12.9. The molecule has 0 radical (unpaired) electrons. The van der Waals surface area contributed by atoms with Crippen LogP contribution in [0.5, 0.6) is 0 Å². The number of aryl methyl sites for hydroxylation is 1. The van der Waals surface area contributed by atoms with Gasteiger partial charge in [0, 0.05) is 17.6 Å². The van der Waals surface area contributed by atoms with E-state index in [0.717, 1.165) is 31.1 Å². The molecule has 1 fully saturated rings. The largest absolute Gasteiger partial charge is 0.294 e. The van der Waals surface area contributed by atoms with Gasteiger partial charge in [-0.15, -0.1) is 0 Å². The molecule has 1 aliphatic rings. The lowest BCUT2D eigenvalue weighted by Gasteiger charge is -2.19. The second kappa shape index (κ2) is 5.83. The minimum atomic E-state index is -0.199. The van der Waals surface area contributed by atoms with Crippen molar-refractivity contribution < 1.29 is 4.79 Å². The third kappa shape index (κ3) is 2.35. The van der Waals surface area contributed by atoms with Crippen molar-refractivity contribution in [3.8, 4) is 0 Å². The molecule has 0 amide bonds. The quantitative estimate of drug-likeness (QED) is 0.494. The zero-order valence-corrected chi connectivity index (χ0v) is 13.9. The van der Waals surface area contributed by atoms with Crippen LogP contribution in [0.15, 0.2) is 16.1 Å². The topological polar surface area (TPSA) is 64.8 Å². The van der Waals surface area contributed by atoms with E-state index in [1.54, 1.807) is 10.8 Å².